The molecule has 15 heavy (non-hydrogen) atoms. The molecule has 0 radical (unpaired) electrons. The smallest absolute Gasteiger partial charge is 0.338 e. The molecule has 84 valence electrons. The van der Waals surface area contributed by atoms with Gasteiger partial charge >= 0.3 is 5.97 Å². The lowest BCUT2D eigenvalue weighted by molar-refractivity contribution is 0.0372. The van der Waals surface area contributed by atoms with Crippen LogP contribution in [0.2, 0.25) is 0 Å². The number of carbonyl (C=O) groups is 1. The van der Waals surface area contributed by atoms with Crippen molar-refractivity contribution in [1.29, 1.82) is 0 Å². The van der Waals surface area contributed by atoms with Gasteiger partial charge in [0.15, 0.2) is 0 Å². The molecule has 0 bridgehead atoms. The zero-order valence-electron chi connectivity index (χ0n) is 9.03. The largest absolute Gasteiger partial charge is 0.478 e. The Morgan fingerprint density at radius 1 is 1.67 bits per heavy atom. The van der Waals surface area contributed by atoms with Crippen molar-refractivity contribution in [1.82, 2.24) is 0 Å². The Kier molecular flexibility index (Phi) is 4.37. The van der Waals surface area contributed by atoms with Gasteiger partial charge in [-0.25, -0.2) is 4.79 Å². The summed E-state index contributed by atoms with van der Waals surface area (Å²) in [5, 5.41) is 8.66. The van der Waals surface area contributed by atoms with E-state index in [2.05, 4.69) is 6.92 Å². The average Bonchev–Trinajstić information content (AvgIpc) is 2.63. The first kappa shape index (κ1) is 11.8. The number of carboxylic acid groups (broad SMARTS) is 1. The van der Waals surface area contributed by atoms with Crippen LogP contribution in [0.5, 0.6) is 0 Å². The maximum atomic E-state index is 10.6. The van der Waals surface area contributed by atoms with Crippen molar-refractivity contribution in [2.45, 2.75) is 39.4 Å². The van der Waals surface area contributed by atoms with E-state index in [0.717, 1.165) is 12.8 Å². The van der Waals surface area contributed by atoms with Gasteiger partial charge in [0.05, 0.1) is 11.7 Å². The van der Waals surface area contributed by atoms with Crippen LogP contribution in [0.15, 0.2) is 16.7 Å². The Balaban J connectivity index is 2.40. The Morgan fingerprint density at radius 3 is 2.93 bits per heavy atom. The van der Waals surface area contributed by atoms with Crippen LogP contribution in [0.25, 0.3) is 0 Å². The van der Waals surface area contributed by atoms with Crippen LogP contribution in [-0.2, 0) is 11.3 Å². The molecule has 1 rings (SSSR count). The molecule has 0 spiro atoms. The Bertz CT molecular complexity index is 316. The average molecular weight is 212 g/mol. The van der Waals surface area contributed by atoms with Gasteiger partial charge in [0.2, 0.25) is 0 Å². The highest BCUT2D eigenvalue weighted by atomic mass is 16.5. The van der Waals surface area contributed by atoms with E-state index in [-0.39, 0.29) is 11.7 Å². The Morgan fingerprint density at radius 2 is 2.40 bits per heavy atom. The maximum absolute atomic E-state index is 10.6. The van der Waals surface area contributed by atoms with Crippen LogP contribution in [0, 0.1) is 0 Å². The van der Waals surface area contributed by atoms with Crippen molar-refractivity contribution in [3.05, 3.63) is 23.7 Å². The molecule has 0 aromatic carbocycles. The normalized spacial score (nSPS) is 12.7. The fraction of sp³-hybridized carbons (Fsp3) is 0.545. The Labute approximate surface area is 88.8 Å². The van der Waals surface area contributed by atoms with Crippen molar-refractivity contribution >= 4 is 5.97 Å². The van der Waals surface area contributed by atoms with E-state index in [1.807, 2.05) is 6.92 Å². The molecule has 0 fully saturated rings. The molecule has 0 saturated carbocycles. The van der Waals surface area contributed by atoms with E-state index >= 15 is 0 Å². The fourth-order valence-corrected chi connectivity index (χ4v) is 1.28. The van der Waals surface area contributed by atoms with Gasteiger partial charge in [0.1, 0.15) is 18.6 Å². The highest BCUT2D eigenvalue weighted by Gasteiger charge is 2.09. The summed E-state index contributed by atoms with van der Waals surface area (Å²) >= 11 is 0. The number of hydrogen-bond donors (Lipinski definition) is 1. The zero-order chi connectivity index (χ0) is 11.3. The van der Waals surface area contributed by atoms with Gasteiger partial charge in [-0.3, -0.25) is 0 Å². The second kappa shape index (κ2) is 5.56. The molecule has 1 heterocycles. The lowest BCUT2D eigenvalue weighted by atomic mass is 10.2. The zero-order valence-corrected chi connectivity index (χ0v) is 9.03. The van der Waals surface area contributed by atoms with Crippen LogP contribution in [-0.4, -0.2) is 17.2 Å². The molecule has 0 amide bonds. The van der Waals surface area contributed by atoms with E-state index in [1.165, 1.54) is 12.3 Å². The van der Waals surface area contributed by atoms with Gasteiger partial charge in [-0.15, -0.1) is 0 Å². The molecule has 1 aromatic heterocycles. The second-order valence-electron chi connectivity index (χ2n) is 3.52. The second-order valence-corrected chi connectivity index (χ2v) is 3.52. The van der Waals surface area contributed by atoms with E-state index < -0.39 is 5.97 Å². The fourth-order valence-electron chi connectivity index (χ4n) is 1.28. The lowest BCUT2D eigenvalue weighted by Crippen LogP contribution is -2.06. The monoisotopic (exact) mass is 212 g/mol. The molecule has 4 heteroatoms. The maximum Gasteiger partial charge on any atom is 0.338 e. The summed E-state index contributed by atoms with van der Waals surface area (Å²) in [5.74, 6) is -0.429. The molecule has 1 unspecified atom stereocenters. The van der Waals surface area contributed by atoms with Crippen molar-refractivity contribution in [2.24, 2.45) is 0 Å². The van der Waals surface area contributed by atoms with E-state index in [0.29, 0.717) is 12.4 Å². The van der Waals surface area contributed by atoms with Gasteiger partial charge < -0.3 is 14.3 Å². The molecule has 4 nitrogen and oxygen atoms in total. The van der Waals surface area contributed by atoms with Crippen molar-refractivity contribution in [3.8, 4) is 0 Å². The minimum Gasteiger partial charge on any atom is -0.478 e. The Hall–Kier alpha value is -1.29. The van der Waals surface area contributed by atoms with Gasteiger partial charge in [-0.05, 0) is 19.4 Å². The highest BCUT2D eigenvalue weighted by Crippen LogP contribution is 2.11. The molecular weight excluding hydrogens is 196 g/mol. The van der Waals surface area contributed by atoms with Crippen LogP contribution in [0.4, 0.5) is 0 Å². The first-order chi connectivity index (χ1) is 7.13. The first-order valence-corrected chi connectivity index (χ1v) is 5.05. The molecule has 1 aromatic rings. The summed E-state index contributed by atoms with van der Waals surface area (Å²) in [5.41, 5.74) is 0.164. The number of rotatable bonds is 6. The van der Waals surface area contributed by atoms with Gasteiger partial charge in [0, 0.05) is 0 Å². The molecule has 0 aliphatic heterocycles. The van der Waals surface area contributed by atoms with Crippen molar-refractivity contribution < 1.29 is 19.1 Å². The quantitative estimate of drug-likeness (QED) is 0.787. The van der Waals surface area contributed by atoms with E-state index in [4.69, 9.17) is 14.3 Å². The summed E-state index contributed by atoms with van der Waals surface area (Å²) in [4.78, 5) is 10.6. The molecule has 0 aliphatic rings. The SMILES string of the molecule is CCCC(C)OCc1cc(C(=O)O)co1. The third-order valence-corrected chi connectivity index (χ3v) is 2.11. The highest BCUT2D eigenvalue weighted by molar-refractivity contribution is 5.87. The minimum atomic E-state index is -0.980. The molecular formula is C11H16O4. The van der Waals surface area contributed by atoms with Crippen LogP contribution >= 0.6 is 0 Å². The topological polar surface area (TPSA) is 59.7 Å². The summed E-state index contributed by atoms with van der Waals surface area (Å²) in [6.07, 6.45) is 3.46. The summed E-state index contributed by atoms with van der Waals surface area (Å²) in [7, 11) is 0. The summed E-state index contributed by atoms with van der Waals surface area (Å²) < 4.78 is 10.5. The molecule has 1 N–H and O–H groups in total. The summed E-state index contributed by atoms with van der Waals surface area (Å²) in [6, 6.07) is 1.49. The number of aromatic carboxylic acids is 1. The van der Waals surface area contributed by atoms with E-state index in [9.17, 15) is 4.79 Å². The number of hydrogen-bond acceptors (Lipinski definition) is 3. The van der Waals surface area contributed by atoms with Crippen LogP contribution in [0.3, 0.4) is 0 Å². The van der Waals surface area contributed by atoms with Gasteiger partial charge in [-0.2, -0.15) is 0 Å². The predicted octanol–water partition coefficient (Wildman–Crippen LogP) is 2.68. The van der Waals surface area contributed by atoms with Gasteiger partial charge in [-0.1, -0.05) is 13.3 Å². The van der Waals surface area contributed by atoms with Crippen molar-refractivity contribution in [2.75, 3.05) is 0 Å². The number of ether oxygens (including phenoxy) is 1. The first-order valence-electron chi connectivity index (χ1n) is 5.05. The van der Waals surface area contributed by atoms with Crippen LogP contribution < -0.4 is 0 Å². The molecule has 0 saturated heterocycles. The summed E-state index contributed by atoms with van der Waals surface area (Å²) in [6.45, 7) is 4.41. The number of carboxylic acids is 1. The minimum absolute atomic E-state index is 0.164. The third kappa shape index (κ3) is 3.75. The van der Waals surface area contributed by atoms with Crippen LogP contribution in [0.1, 0.15) is 42.8 Å². The number of furan rings is 1. The molecule has 0 aliphatic carbocycles. The van der Waals surface area contributed by atoms with Crippen molar-refractivity contribution in [3.63, 3.8) is 0 Å². The molecule has 1 atom stereocenters. The predicted molar refractivity (Wildman–Crippen MR) is 54.8 cm³/mol. The van der Waals surface area contributed by atoms with Gasteiger partial charge in [0.25, 0.3) is 0 Å². The lowest BCUT2D eigenvalue weighted by Gasteiger charge is -2.09. The van der Waals surface area contributed by atoms with E-state index in [1.54, 1.807) is 0 Å². The third-order valence-electron chi connectivity index (χ3n) is 2.11. The standard InChI is InChI=1S/C11H16O4/c1-3-4-8(2)14-7-10-5-9(6-15-10)11(12)13/h5-6,8H,3-4,7H2,1-2H3,(H,12,13).